The van der Waals surface area contributed by atoms with Gasteiger partial charge < -0.3 is 15.5 Å². The van der Waals surface area contributed by atoms with Crippen LogP contribution >= 0.6 is 11.6 Å². The molecule has 1 aromatic carbocycles. The van der Waals surface area contributed by atoms with Crippen LogP contribution in [-0.4, -0.2) is 74.2 Å². The maximum Gasteiger partial charge on any atom is 0.191 e. The van der Waals surface area contributed by atoms with Crippen molar-refractivity contribution in [2.24, 2.45) is 4.99 Å². The summed E-state index contributed by atoms with van der Waals surface area (Å²) in [5, 5.41) is 7.78. The van der Waals surface area contributed by atoms with Gasteiger partial charge >= 0.3 is 0 Å². The number of hydrogen-bond acceptors (Lipinski definition) is 3. The second-order valence-corrected chi connectivity index (χ2v) is 8.62. The summed E-state index contributed by atoms with van der Waals surface area (Å²) in [6.07, 6.45) is 2.38. The summed E-state index contributed by atoms with van der Waals surface area (Å²) in [7, 11) is 0. The molecule has 28 heavy (non-hydrogen) atoms. The Hall–Kier alpha value is -1.30. The Morgan fingerprint density at radius 2 is 1.93 bits per heavy atom. The minimum atomic E-state index is 0.176. The smallest absolute Gasteiger partial charge is 0.191 e. The normalized spacial score (nSPS) is 21.4. The summed E-state index contributed by atoms with van der Waals surface area (Å²) in [6.45, 7) is 15.1. The largest absolute Gasteiger partial charge is 0.357 e. The molecule has 2 fully saturated rings. The van der Waals surface area contributed by atoms with Crippen molar-refractivity contribution < 1.29 is 0 Å². The molecular formula is C22H36ClN5. The van der Waals surface area contributed by atoms with Gasteiger partial charge in [-0.3, -0.25) is 9.89 Å². The summed E-state index contributed by atoms with van der Waals surface area (Å²) in [5.74, 6) is 0.926. The van der Waals surface area contributed by atoms with Gasteiger partial charge in [-0.1, -0.05) is 30.7 Å². The quantitative estimate of drug-likeness (QED) is 0.515. The Bertz CT molecular complexity index is 650. The van der Waals surface area contributed by atoms with E-state index in [9.17, 15) is 0 Å². The van der Waals surface area contributed by atoms with Crippen molar-refractivity contribution in [2.45, 2.75) is 45.1 Å². The molecule has 1 heterocycles. The minimum Gasteiger partial charge on any atom is -0.357 e. The van der Waals surface area contributed by atoms with E-state index in [1.807, 2.05) is 12.1 Å². The first-order valence-electron chi connectivity index (χ1n) is 10.8. The fourth-order valence-electron chi connectivity index (χ4n) is 3.97. The summed E-state index contributed by atoms with van der Waals surface area (Å²) >= 11 is 6.20. The molecule has 2 N–H and O–H groups in total. The first kappa shape index (κ1) is 21.4. The highest BCUT2D eigenvalue weighted by Gasteiger charge is 2.44. The van der Waals surface area contributed by atoms with Gasteiger partial charge in [0.2, 0.25) is 0 Å². The third-order valence-corrected chi connectivity index (χ3v) is 6.45. The second-order valence-electron chi connectivity index (χ2n) is 8.19. The molecule has 1 aromatic rings. The molecule has 3 rings (SSSR count). The second kappa shape index (κ2) is 9.95. The van der Waals surface area contributed by atoms with Crippen molar-refractivity contribution in [3.8, 4) is 0 Å². The van der Waals surface area contributed by atoms with Gasteiger partial charge in [0.1, 0.15) is 0 Å². The van der Waals surface area contributed by atoms with Crippen LogP contribution in [0.4, 0.5) is 0 Å². The van der Waals surface area contributed by atoms with Crippen molar-refractivity contribution >= 4 is 17.6 Å². The highest BCUT2D eigenvalue weighted by molar-refractivity contribution is 6.30. The van der Waals surface area contributed by atoms with Gasteiger partial charge in [0.05, 0.1) is 6.54 Å². The van der Waals surface area contributed by atoms with Crippen LogP contribution in [0.15, 0.2) is 29.3 Å². The van der Waals surface area contributed by atoms with Crippen LogP contribution in [0.2, 0.25) is 5.02 Å². The van der Waals surface area contributed by atoms with Gasteiger partial charge in [-0.05, 0) is 50.9 Å². The van der Waals surface area contributed by atoms with E-state index < -0.39 is 0 Å². The number of likely N-dealkylation sites (N-methyl/N-ethyl adjacent to an activating group) is 1. The number of nitrogens with one attached hydrogen (secondary N) is 2. The van der Waals surface area contributed by atoms with Crippen molar-refractivity contribution in [1.82, 2.24) is 20.4 Å². The number of aliphatic imine (C=N–C) groups is 1. The topological polar surface area (TPSA) is 42.9 Å². The Morgan fingerprint density at radius 1 is 1.18 bits per heavy atom. The molecule has 1 aliphatic heterocycles. The fourth-order valence-corrected chi connectivity index (χ4v) is 4.16. The van der Waals surface area contributed by atoms with Crippen LogP contribution in [-0.2, 0) is 5.41 Å². The monoisotopic (exact) mass is 405 g/mol. The molecule has 5 nitrogen and oxygen atoms in total. The van der Waals surface area contributed by atoms with Crippen LogP contribution in [0.25, 0.3) is 0 Å². The average Bonchev–Trinajstić information content (AvgIpc) is 3.51. The molecule has 1 unspecified atom stereocenters. The minimum absolute atomic E-state index is 0.176. The van der Waals surface area contributed by atoms with Gasteiger partial charge in [-0.15, -0.1) is 0 Å². The lowest BCUT2D eigenvalue weighted by molar-refractivity contribution is 0.107. The molecule has 0 spiro atoms. The number of hydrogen-bond donors (Lipinski definition) is 2. The van der Waals surface area contributed by atoms with Gasteiger partial charge in [0.25, 0.3) is 0 Å². The Balaban J connectivity index is 1.53. The first-order valence-corrected chi connectivity index (χ1v) is 11.2. The van der Waals surface area contributed by atoms with E-state index in [1.165, 1.54) is 31.5 Å². The number of guanidine groups is 1. The molecule has 0 bridgehead atoms. The van der Waals surface area contributed by atoms with Crippen LogP contribution < -0.4 is 10.6 Å². The SMILES string of the molecule is CCNC(=NCC1(c2cccc(Cl)c2)CC1)NCC(C)N1CCN(CC)CC1. The summed E-state index contributed by atoms with van der Waals surface area (Å²) in [5.41, 5.74) is 1.50. The number of halogens is 1. The number of benzene rings is 1. The van der Waals surface area contributed by atoms with Gasteiger partial charge in [0.15, 0.2) is 5.96 Å². The zero-order valence-corrected chi connectivity index (χ0v) is 18.4. The lowest BCUT2D eigenvalue weighted by atomic mass is 9.96. The summed E-state index contributed by atoms with van der Waals surface area (Å²) < 4.78 is 0. The molecule has 1 aliphatic carbocycles. The lowest BCUT2D eigenvalue weighted by Crippen LogP contribution is -2.53. The van der Waals surface area contributed by atoms with Gasteiger partial charge in [-0.2, -0.15) is 0 Å². The molecule has 156 valence electrons. The molecule has 0 aromatic heterocycles. The van der Waals surface area contributed by atoms with Crippen molar-refractivity contribution in [3.05, 3.63) is 34.9 Å². The summed E-state index contributed by atoms with van der Waals surface area (Å²) in [6, 6.07) is 8.78. The number of piperazine rings is 1. The third-order valence-electron chi connectivity index (χ3n) is 6.22. The van der Waals surface area contributed by atoms with E-state index in [0.717, 1.165) is 50.3 Å². The fraction of sp³-hybridized carbons (Fsp3) is 0.682. The van der Waals surface area contributed by atoms with E-state index in [2.05, 4.69) is 53.3 Å². The van der Waals surface area contributed by atoms with E-state index in [0.29, 0.717) is 6.04 Å². The standard InChI is InChI=1S/C22H36ClN5/c1-4-24-21(25-16-18(3)28-13-11-27(5-2)12-14-28)26-17-22(9-10-22)19-7-6-8-20(23)15-19/h6-8,15,18H,4-5,9-14,16-17H2,1-3H3,(H2,24,25,26). The zero-order chi connectivity index (χ0) is 20.0. The van der Waals surface area contributed by atoms with E-state index >= 15 is 0 Å². The molecule has 0 radical (unpaired) electrons. The Labute approximate surface area is 175 Å². The van der Waals surface area contributed by atoms with Crippen molar-refractivity contribution in [3.63, 3.8) is 0 Å². The molecular weight excluding hydrogens is 370 g/mol. The molecule has 1 saturated carbocycles. The maximum absolute atomic E-state index is 6.20. The average molecular weight is 406 g/mol. The number of rotatable bonds is 8. The van der Waals surface area contributed by atoms with Gasteiger partial charge in [0, 0.05) is 55.7 Å². The zero-order valence-electron chi connectivity index (χ0n) is 17.7. The van der Waals surface area contributed by atoms with E-state index in [-0.39, 0.29) is 5.41 Å². The molecule has 2 aliphatic rings. The first-order chi connectivity index (χ1) is 13.6. The Morgan fingerprint density at radius 3 is 2.54 bits per heavy atom. The van der Waals surface area contributed by atoms with Crippen LogP contribution in [0, 0.1) is 0 Å². The molecule has 6 heteroatoms. The Kier molecular flexibility index (Phi) is 7.61. The van der Waals surface area contributed by atoms with Crippen LogP contribution in [0.3, 0.4) is 0 Å². The third kappa shape index (κ3) is 5.62. The predicted octanol–water partition coefficient (Wildman–Crippen LogP) is 2.95. The van der Waals surface area contributed by atoms with Crippen LogP contribution in [0.1, 0.15) is 39.2 Å². The lowest BCUT2D eigenvalue weighted by Gasteiger charge is -2.37. The molecule has 1 saturated heterocycles. The van der Waals surface area contributed by atoms with E-state index in [4.69, 9.17) is 16.6 Å². The highest BCUT2D eigenvalue weighted by Crippen LogP contribution is 2.48. The number of nitrogens with zero attached hydrogens (tertiary/aromatic N) is 3. The maximum atomic E-state index is 6.20. The summed E-state index contributed by atoms with van der Waals surface area (Å²) in [4.78, 5) is 10.0. The van der Waals surface area contributed by atoms with Gasteiger partial charge in [-0.25, -0.2) is 0 Å². The predicted molar refractivity (Wildman–Crippen MR) is 119 cm³/mol. The molecule has 0 amide bonds. The molecule has 1 atom stereocenters. The highest BCUT2D eigenvalue weighted by atomic mass is 35.5. The van der Waals surface area contributed by atoms with Crippen molar-refractivity contribution in [2.75, 3.05) is 52.4 Å². The van der Waals surface area contributed by atoms with Crippen molar-refractivity contribution in [1.29, 1.82) is 0 Å². The van der Waals surface area contributed by atoms with E-state index in [1.54, 1.807) is 0 Å². The van der Waals surface area contributed by atoms with Crippen LogP contribution in [0.5, 0.6) is 0 Å².